The Bertz CT molecular complexity index is 489. The van der Waals surface area contributed by atoms with Crippen LogP contribution in [0.25, 0.3) is 0 Å². The fraction of sp³-hybridized carbons (Fsp3) is 0.412. The molecule has 0 aliphatic heterocycles. The highest BCUT2D eigenvalue weighted by molar-refractivity contribution is 7.10. The molecular formula is C17H23NS. The van der Waals surface area contributed by atoms with Gasteiger partial charge in [0.15, 0.2) is 0 Å². The maximum absolute atomic E-state index is 3.68. The van der Waals surface area contributed by atoms with Crippen LogP contribution in [0.3, 0.4) is 0 Å². The summed E-state index contributed by atoms with van der Waals surface area (Å²) in [7, 11) is 0. The first-order valence-corrected chi connectivity index (χ1v) is 7.98. The first kappa shape index (κ1) is 14.3. The number of rotatable bonds is 6. The number of benzene rings is 1. The lowest BCUT2D eigenvalue weighted by Gasteiger charge is -2.28. The summed E-state index contributed by atoms with van der Waals surface area (Å²) in [5.41, 5.74) is 2.89. The summed E-state index contributed by atoms with van der Waals surface area (Å²) in [6, 6.07) is 13.6. The second kappa shape index (κ2) is 6.88. The third kappa shape index (κ3) is 3.26. The second-order valence-corrected chi connectivity index (χ2v) is 6.01. The van der Waals surface area contributed by atoms with Gasteiger partial charge in [0.2, 0.25) is 0 Å². The number of hydrogen-bond acceptors (Lipinski definition) is 2. The molecule has 2 rings (SSSR count). The van der Waals surface area contributed by atoms with E-state index >= 15 is 0 Å². The third-order valence-electron chi connectivity index (χ3n) is 3.73. The molecule has 1 heterocycles. The molecule has 2 heteroatoms. The molecule has 0 amide bonds. The molecule has 2 unspecified atom stereocenters. The van der Waals surface area contributed by atoms with Crippen molar-refractivity contribution in [2.45, 2.75) is 39.2 Å². The van der Waals surface area contributed by atoms with Gasteiger partial charge in [0.25, 0.3) is 0 Å². The summed E-state index contributed by atoms with van der Waals surface area (Å²) < 4.78 is 0. The molecule has 102 valence electrons. The topological polar surface area (TPSA) is 12.0 Å². The predicted octanol–water partition coefficient (Wildman–Crippen LogP) is 4.90. The Labute approximate surface area is 120 Å². The van der Waals surface area contributed by atoms with Crippen LogP contribution >= 0.6 is 11.3 Å². The Morgan fingerprint density at radius 1 is 1.11 bits per heavy atom. The number of aryl methyl sites for hydroxylation is 1. The molecule has 0 fully saturated rings. The van der Waals surface area contributed by atoms with Crippen molar-refractivity contribution in [1.29, 1.82) is 0 Å². The van der Waals surface area contributed by atoms with E-state index in [1.54, 1.807) is 0 Å². The average molecular weight is 273 g/mol. The summed E-state index contributed by atoms with van der Waals surface area (Å²) >= 11 is 1.84. The molecule has 1 aromatic heterocycles. The second-order valence-electron chi connectivity index (χ2n) is 4.89. The molecule has 1 nitrogen and oxygen atoms in total. The van der Waals surface area contributed by atoms with E-state index in [9.17, 15) is 0 Å². The number of thiophene rings is 1. The standard InChI is InChI=1S/C17H23NS/c1-4-15(14-9-7-6-8-10-14)17(18-5-2)16-11-12-19-13(16)3/h6-12,15,17-18H,4-5H2,1-3H3. The Morgan fingerprint density at radius 3 is 2.37 bits per heavy atom. The van der Waals surface area contributed by atoms with Crippen LogP contribution in [-0.2, 0) is 0 Å². The van der Waals surface area contributed by atoms with Gasteiger partial charge < -0.3 is 5.32 Å². The Hall–Kier alpha value is -1.12. The third-order valence-corrected chi connectivity index (χ3v) is 4.59. The van der Waals surface area contributed by atoms with Crippen LogP contribution in [0.15, 0.2) is 41.8 Å². The SMILES string of the molecule is CCNC(c1ccsc1C)C(CC)c1ccccc1. The summed E-state index contributed by atoms with van der Waals surface area (Å²) in [5.74, 6) is 0.537. The van der Waals surface area contributed by atoms with E-state index in [2.05, 4.69) is 67.9 Å². The Balaban J connectivity index is 2.34. The van der Waals surface area contributed by atoms with Gasteiger partial charge >= 0.3 is 0 Å². The first-order valence-electron chi connectivity index (χ1n) is 7.10. The molecule has 0 aliphatic rings. The highest BCUT2D eigenvalue weighted by Crippen LogP contribution is 2.36. The first-order chi connectivity index (χ1) is 9.27. The Morgan fingerprint density at radius 2 is 1.84 bits per heavy atom. The van der Waals surface area contributed by atoms with E-state index in [4.69, 9.17) is 0 Å². The van der Waals surface area contributed by atoms with E-state index < -0.39 is 0 Å². The molecule has 2 atom stereocenters. The van der Waals surface area contributed by atoms with Gasteiger partial charge in [0.1, 0.15) is 0 Å². The van der Waals surface area contributed by atoms with Gasteiger partial charge in [0, 0.05) is 16.8 Å². The van der Waals surface area contributed by atoms with Crippen molar-refractivity contribution in [3.05, 3.63) is 57.8 Å². The fourth-order valence-electron chi connectivity index (χ4n) is 2.77. The maximum Gasteiger partial charge on any atom is 0.0400 e. The highest BCUT2D eigenvalue weighted by atomic mass is 32.1. The van der Waals surface area contributed by atoms with Crippen molar-refractivity contribution in [3.63, 3.8) is 0 Å². The molecule has 1 N–H and O–H groups in total. The quantitative estimate of drug-likeness (QED) is 0.789. The molecule has 0 saturated carbocycles. The number of likely N-dealkylation sites (N-methyl/N-ethyl adjacent to an activating group) is 1. The minimum absolute atomic E-state index is 0.420. The Kier molecular flexibility index (Phi) is 5.17. The largest absolute Gasteiger partial charge is 0.310 e. The van der Waals surface area contributed by atoms with Gasteiger partial charge in [-0.05, 0) is 42.5 Å². The van der Waals surface area contributed by atoms with Crippen LogP contribution in [0, 0.1) is 6.92 Å². The van der Waals surface area contributed by atoms with Crippen LogP contribution < -0.4 is 5.32 Å². The lowest BCUT2D eigenvalue weighted by atomic mass is 9.85. The molecule has 0 saturated heterocycles. The monoisotopic (exact) mass is 273 g/mol. The van der Waals surface area contributed by atoms with Gasteiger partial charge in [-0.25, -0.2) is 0 Å². The van der Waals surface area contributed by atoms with Gasteiger partial charge in [-0.1, -0.05) is 44.2 Å². The molecular weight excluding hydrogens is 250 g/mol. The minimum atomic E-state index is 0.420. The zero-order valence-electron chi connectivity index (χ0n) is 12.0. The van der Waals surface area contributed by atoms with Crippen LogP contribution in [-0.4, -0.2) is 6.54 Å². The van der Waals surface area contributed by atoms with Gasteiger partial charge in [0.05, 0.1) is 0 Å². The summed E-state index contributed by atoms with van der Waals surface area (Å²) in [5, 5.41) is 5.88. The zero-order valence-corrected chi connectivity index (χ0v) is 12.8. The molecule has 0 aliphatic carbocycles. The summed E-state index contributed by atoms with van der Waals surface area (Å²) in [6.45, 7) is 7.70. The smallest absolute Gasteiger partial charge is 0.0400 e. The molecule has 0 bridgehead atoms. The summed E-state index contributed by atoms with van der Waals surface area (Å²) in [4.78, 5) is 1.43. The van der Waals surface area contributed by atoms with E-state index in [0.717, 1.165) is 13.0 Å². The van der Waals surface area contributed by atoms with Crippen LogP contribution in [0.1, 0.15) is 48.2 Å². The predicted molar refractivity (Wildman–Crippen MR) is 84.9 cm³/mol. The van der Waals surface area contributed by atoms with Crippen molar-refractivity contribution in [2.24, 2.45) is 0 Å². The maximum atomic E-state index is 3.68. The number of nitrogens with one attached hydrogen (secondary N) is 1. The van der Waals surface area contributed by atoms with E-state index in [0.29, 0.717) is 12.0 Å². The van der Waals surface area contributed by atoms with Crippen LogP contribution in [0.4, 0.5) is 0 Å². The minimum Gasteiger partial charge on any atom is -0.310 e. The van der Waals surface area contributed by atoms with Crippen molar-refractivity contribution < 1.29 is 0 Å². The molecule has 0 spiro atoms. The fourth-order valence-corrected chi connectivity index (χ4v) is 3.52. The highest BCUT2D eigenvalue weighted by Gasteiger charge is 2.24. The van der Waals surface area contributed by atoms with Crippen LogP contribution in [0.2, 0.25) is 0 Å². The lowest BCUT2D eigenvalue weighted by molar-refractivity contribution is 0.445. The van der Waals surface area contributed by atoms with E-state index in [1.807, 2.05) is 11.3 Å². The van der Waals surface area contributed by atoms with Crippen molar-refractivity contribution in [2.75, 3.05) is 6.54 Å². The zero-order chi connectivity index (χ0) is 13.7. The molecule has 19 heavy (non-hydrogen) atoms. The molecule has 1 aromatic carbocycles. The summed E-state index contributed by atoms with van der Waals surface area (Å²) in [6.07, 6.45) is 1.15. The van der Waals surface area contributed by atoms with Crippen LogP contribution in [0.5, 0.6) is 0 Å². The van der Waals surface area contributed by atoms with Crippen molar-refractivity contribution in [3.8, 4) is 0 Å². The van der Waals surface area contributed by atoms with Gasteiger partial charge in [-0.2, -0.15) is 0 Å². The number of hydrogen-bond donors (Lipinski definition) is 1. The van der Waals surface area contributed by atoms with E-state index in [1.165, 1.54) is 16.0 Å². The van der Waals surface area contributed by atoms with Crippen molar-refractivity contribution >= 4 is 11.3 Å². The van der Waals surface area contributed by atoms with Gasteiger partial charge in [-0.15, -0.1) is 11.3 Å². The van der Waals surface area contributed by atoms with E-state index in [-0.39, 0.29) is 0 Å². The average Bonchev–Trinajstić information content (AvgIpc) is 2.86. The molecule has 2 aromatic rings. The van der Waals surface area contributed by atoms with Gasteiger partial charge in [-0.3, -0.25) is 0 Å². The lowest BCUT2D eigenvalue weighted by Crippen LogP contribution is -2.27. The molecule has 0 radical (unpaired) electrons. The normalized spacial score (nSPS) is 14.3. The van der Waals surface area contributed by atoms with Crippen molar-refractivity contribution in [1.82, 2.24) is 5.32 Å².